The van der Waals surface area contributed by atoms with Crippen molar-refractivity contribution >= 4 is 5.91 Å². The summed E-state index contributed by atoms with van der Waals surface area (Å²) < 4.78 is 0. The monoisotopic (exact) mass is 315 g/mol. The van der Waals surface area contributed by atoms with Crippen molar-refractivity contribution < 1.29 is 4.79 Å². The van der Waals surface area contributed by atoms with E-state index >= 15 is 0 Å². The van der Waals surface area contributed by atoms with Crippen molar-refractivity contribution in [3.8, 4) is 0 Å². The molecular formula is C21H33NO. The molecule has 1 aliphatic heterocycles. The van der Waals surface area contributed by atoms with Gasteiger partial charge >= 0.3 is 0 Å². The number of carbonyl (C=O) groups is 1. The topological polar surface area (TPSA) is 20.3 Å². The van der Waals surface area contributed by atoms with Crippen molar-refractivity contribution in [1.82, 2.24) is 4.90 Å². The normalized spacial score (nSPS) is 20.0. The third-order valence-electron chi connectivity index (χ3n) is 4.21. The van der Waals surface area contributed by atoms with Crippen LogP contribution in [0.4, 0.5) is 0 Å². The van der Waals surface area contributed by atoms with Crippen LogP contribution in [0.5, 0.6) is 0 Å². The molecule has 0 aromatic rings. The van der Waals surface area contributed by atoms with Crippen molar-refractivity contribution in [3.63, 3.8) is 0 Å². The molecule has 1 fully saturated rings. The standard InChI is InChI=1S/C21H33NO/c1-3-4-5-6-7-8-9-10-11-12-13-14-15-17-20-18-16-19-21(23)22(20)2/h7-8,10-11,13-15,17,20H,3-6,9,12,16,18-19H2,1-2H3/b8-7-,11-10-,14-13-,17-15+. The van der Waals surface area contributed by atoms with E-state index in [0.29, 0.717) is 6.42 Å². The molecule has 23 heavy (non-hydrogen) atoms. The van der Waals surface area contributed by atoms with Crippen LogP contribution >= 0.6 is 0 Å². The highest BCUT2D eigenvalue weighted by Gasteiger charge is 2.21. The van der Waals surface area contributed by atoms with Gasteiger partial charge in [0.25, 0.3) is 0 Å². The number of allylic oxidation sites excluding steroid dienone is 7. The van der Waals surface area contributed by atoms with Gasteiger partial charge in [-0.1, -0.05) is 68.4 Å². The van der Waals surface area contributed by atoms with E-state index < -0.39 is 0 Å². The van der Waals surface area contributed by atoms with Gasteiger partial charge in [-0.25, -0.2) is 0 Å². The van der Waals surface area contributed by atoms with Crippen LogP contribution in [0.25, 0.3) is 0 Å². The lowest BCUT2D eigenvalue weighted by atomic mass is 10.0. The number of carbonyl (C=O) groups excluding carboxylic acids is 1. The van der Waals surface area contributed by atoms with E-state index in [0.717, 1.165) is 25.7 Å². The molecule has 2 heteroatoms. The number of rotatable bonds is 10. The highest BCUT2D eigenvalue weighted by atomic mass is 16.2. The summed E-state index contributed by atoms with van der Waals surface area (Å²) in [5, 5.41) is 0. The molecule has 0 saturated carbocycles. The first-order chi connectivity index (χ1) is 11.3. The minimum atomic E-state index is 0.264. The molecular weight excluding hydrogens is 282 g/mol. The van der Waals surface area contributed by atoms with E-state index in [1.54, 1.807) is 0 Å². The second-order valence-corrected chi connectivity index (χ2v) is 6.19. The SMILES string of the molecule is CCCCC/C=C\C/C=C\C/C=C\C=C\C1CCCC(=O)N1C. The van der Waals surface area contributed by atoms with Crippen LogP contribution in [0.3, 0.4) is 0 Å². The Morgan fingerprint density at radius 1 is 1.04 bits per heavy atom. The molecule has 0 aromatic heterocycles. The van der Waals surface area contributed by atoms with Gasteiger partial charge in [0.05, 0.1) is 0 Å². The van der Waals surface area contributed by atoms with Crippen molar-refractivity contribution in [2.75, 3.05) is 7.05 Å². The minimum Gasteiger partial charge on any atom is -0.339 e. The fourth-order valence-electron chi connectivity index (χ4n) is 2.67. The van der Waals surface area contributed by atoms with Gasteiger partial charge in [0.1, 0.15) is 0 Å². The summed E-state index contributed by atoms with van der Waals surface area (Å²) in [6.45, 7) is 2.24. The molecule has 128 valence electrons. The third-order valence-corrected chi connectivity index (χ3v) is 4.21. The fourth-order valence-corrected chi connectivity index (χ4v) is 2.67. The molecule has 0 radical (unpaired) electrons. The van der Waals surface area contributed by atoms with Gasteiger partial charge in [0.2, 0.25) is 5.91 Å². The van der Waals surface area contributed by atoms with E-state index in [9.17, 15) is 4.79 Å². The van der Waals surface area contributed by atoms with E-state index in [2.05, 4.69) is 55.5 Å². The number of amides is 1. The van der Waals surface area contributed by atoms with E-state index in [1.807, 2.05) is 11.9 Å². The summed E-state index contributed by atoms with van der Waals surface area (Å²) in [5.74, 6) is 0.264. The Labute approximate surface area is 142 Å². The summed E-state index contributed by atoms with van der Waals surface area (Å²) in [4.78, 5) is 13.5. The quantitative estimate of drug-likeness (QED) is 0.293. The van der Waals surface area contributed by atoms with Gasteiger partial charge < -0.3 is 4.90 Å². The maximum atomic E-state index is 11.6. The molecule has 1 atom stereocenters. The molecule has 2 nitrogen and oxygen atoms in total. The Balaban J connectivity index is 2.10. The molecule has 0 aromatic carbocycles. The molecule has 1 saturated heterocycles. The number of likely N-dealkylation sites (N-methyl/N-ethyl adjacent to an activating group) is 1. The van der Waals surface area contributed by atoms with Gasteiger partial charge in [-0.3, -0.25) is 4.79 Å². The first-order valence-electron chi connectivity index (χ1n) is 9.14. The Morgan fingerprint density at radius 2 is 1.78 bits per heavy atom. The first kappa shape index (κ1) is 19.5. The molecule has 1 rings (SSSR count). The van der Waals surface area contributed by atoms with Crippen molar-refractivity contribution in [1.29, 1.82) is 0 Å². The van der Waals surface area contributed by atoms with Crippen LogP contribution in [0.1, 0.15) is 64.7 Å². The first-order valence-corrected chi connectivity index (χ1v) is 9.14. The van der Waals surface area contributed by atoms with E-state index in [1.165, 1.54) is 25.7 Å². The van der Waals surface area contributed by atoms with Crippen molar-refractivity contribution in [2.45, 2.75) is 70.8 Å². The van der Waals surface area contributed by atoms with Crippen molar-refractivity contribution in [3.05, 3.63) is 48.6 Å². The second kappa shape index (κ2) is 12.9. The number of unbranched alkanes of at least 4 members (excludes halogenated alkanes) is 3. The summed E-state index contributed by atoms with van der Waals surface area (Å²) in [6.07, 6.45) is 27.4. The van der Waals surface area contributed by atoms with Gasteiger partial charge in [0, 0.05) is 19.5 Å². The Morgan fingerprint density at radius 3 is 2.57 bits per heavy atom. The van der Waals surface area contributed by atoms with Crippen LogP contribution in [-0.2, 0) is 4.79 Å². The predicted molar refractivity (Wildman–Crippen MR) is 100 cm³/mol. The van der Waals surface area contributed by atoms with Gasteiger partial charge in [0.15, 0.2) is 0 Å². The zero-order valence-electron chi connectivity index (χ0n) is 14.9. The molecule has 0 spiro atoms. The lowest BCUT2D eigenvalue weighted by Crippen LogP contribution is -2.39. The van der Waals surface area contributed by atoms with E-state index in [4.69, 9.17) is 0 Å². The molecule has 1 aliphatic rings. The average Bonchev–Trinajstić information content (AvgIpc) is 2.55. The highest BCUT2D eigenvalue weighted by molar-refractivity contribution is 5.77. The number of piperidine rings is 1. The number of hydrogen-bond donors (Lipinski definition) is 0. The molecule has 0 bridgehead atoms. The van der Waals surface area contributed by atoms with Gasteiger partial charge in [-0.05, 0) is 38.5 Å². The Bertz CT molecular complexity index is 431. The molecule has 1 heterocycles. The smallest absolute Gasteiger partial charge is 0.222 e. The zero-order valence-corrected chi connectivity index (χ0v) is 14.9. The molecule has 0 aliphatic carbocycles. The maximum Gasteiger partial charge on any atom is 0.222 e. The summed E-state index contributed by atoms with van der Waals surface area (Å²) >= 11 is 0. The van der Waals surface area contributed by atoms with Crippen LogP contribution in [0.2, 0.25) is 0 Å². The van der Waals surface area contributed by atoms with Gasteiger partial charge in [-0.15, -0.1) is 0 Å². The van der Waals surface area contributed by atoms with Gasteiger partial charge in [-0.2, -0.15) is 0 Å². The van der Waals surface area contributed by atoms with Crippen molar-refractivity contribution in [2.24, 2.45) is 0 Å². The van der Waals surface area contributed by atoms with Crippen LogP contribution < -0.4 is 0 Å². The minimum absolute atomic E-state index is 0.264. The molecule has 1 amide bonds. The maximum absolute atomic E-state index is 11.6. The number of likely N-dealkylation sites (tertiary alicyclic amines) is 1. The Kier molecular flexibility index (Phi) is 10.9. The fraction of sp³-hybridized carbons (Fsp3) is 0.571. The summed E-state index contributed by atoms with van der Waals surface area (Å²) in [7, 11) is 1.90. The summed E-state index contributed by atoms with van der Waals surface area (Å²) in [6, 6.07) is 0.272. The average molecular weight is 316 g/mol. The number of hydrogen-bond acceptors (Lipinski definition) is 1. The highest BCUT2D eigenvalue weighted by Crippen LogP contribution is 2.17. The lowest BCUT2D eigenvalue weighted by Gasteiger charge is -2.30. The van der Waals surface area contributed by atoms with Crippen LogP contribution in [-0.4, -0.2) is 23.9 Å². The molecule has 0 N–H and O–H groups in total. The Hall–Kier alpha value is -1.57. The predicted octanol–water partition coefficient (Wildman–Crippen LogP) is 5.58. The number of nitrogens with zero attached hydrogens (tertiary/aromatic N) is 1. The van der Waals surface area contributed by atoms with Crippen LogP contribution in [0.15, 0.2) is 48.6 Å². The second-order valence-electron chi connectivity index (χ2n) is 6.19. The zero-order chi connectivity index (χ0) is 16.8. The third kappa shape index (κ3) is 9.22. The van der Waals surface area contributed by atoms with E-state index in [-0.39, 0.29) is 11.9 Å². The molecule has 1 unspecified atom stereocenters. The summed E-state index contributed by atoms with van der Waals surface area (Å²) in [5.41, 5.74) is 0. The largest absolute Gasteiger partial charge is 0.339 e. The van der Waals surface area contributed by atoms with Crippen LogP contribution in [0, 0.1) is 0 Å². The lowest BCUT2D eigenvalue weighted by molar-refractivity contribution is -0.133.